The number of aliphatic hydroxyl groups excluding tert-OH is 1. The highest BCUT2D eigenvalue weighted by Crippen LogP contribution is 2.23. The normalized spacial score (nSPS) is 19.2. The number of hydrogen-bond donors (Lipinski definition) is 3. The van der Waals surface area contributed by atoms with E-state index in [1.807, 2.05) is 12.1 Å². The summed E-state index contributed by atoms with van der Waals surface area (Å²) < 4.78 is 10.4. The van der Waals surface area contributed by atoms with E-state index in [0.29, 0.717) is 31.1 Å². The summed E-state index contributed by atoms with van der Waals surface area (Å²) in [4.78, 5) is 11.9. The Hall–Kier alpha value is -1.34. The maximum atomic E-state index is 11.9. The number of morpholine rings is 1. The van der Waals surface area contributed by atoms with E-state index in [2.05, 4.69) is 10.6 Å². The number of ether oxygens (including phenoxy) is 2. The topological polar surface area (TPSA) is 79.8 Å². The lowest BCUT2D eigenvalue weighted by atomic mass is 10.1. The van der Waals surface area contributed by atoms with E-state index in [-0.39, 0.29) is 30.9 Å². The summed E-state index contributed by atoms with van der Waals surface area (Å²) in [6, 6.07) is 6.85. The third kappa shape index (κ3) is 4.86. The maximum absolute atomic E-state index is 11.9. The third-order valence-electron chi connectivity index (χ3n) is 3.21. The molecular weight excluding hydrogens is 296 g/mol. The molecule has 1 aromatic carbocycles. The lowest BCUT2D eigenvalue weighted by Crippen LogP contribution is -2.51. The van der Waals surface area contributed by atoms with E-state index in [0.717, 1.165) is 0 Å². The Morgan fingerprint density at radius 1 is 1.57 bits per heavy atom. The first-order valence-corrected chi connectivity index (χ1v) is 6.62. The molecule has 0 aliphatic carbocycles. The summed E-state index contributed by atoms with van der Waals surface area (Å²) in [5, 5.41) is 15.9. The number of rotatable bonds is 5. The first-order valence-electron chi connectivity index (χ1n) is 6.62. The minimum atomic E-state index is -0.806. The number of amides is 1. The summed E-state index contributed by atoms with van der Waals surface area (Å²) >= 11 is 0. The molecule has 2 unspecified atom stereocenters. The Bertz CT molecular complexity index is 452. The minimum Gasteiger partial charge on any atom is -0.496 e. The van der Waals surface area contributed by atoms with Gasteiger partial charge in [-0.25, -0.2) is 0 Å². The molecule has 1 aliphatic rings. The van der Waals surface area contributed by atoms with Crippen molar-refractivity contribution < 1.29 is 19.4 Å². The zero-order valence-corrected chi connectivity index (χ0v) is 12.7. The van der Waals surface area contributed by atoms with Gasteiger partial charge in [-0.2, -0.15) is 0 Å². The molecule has 118 valence electrons. The molecule has 2 atom stereocenters. The molecule has 0 bridgehead atoms. The van der Waals surface area contributed by atoms with Crippen molar-refractivity contribution in [1.29, 1.82) is 0 Å². The molecule has 0 radical (unpaired) electrons. The van der Waals surface area contributed by atoms with E-state index < -0.39 is 6.10 Å². The van der Waals surface area contributed by atoms with E-state index in [9.17, 15) is 9.90 Å². The zero-order valence-electron chi connectivity index (χ0n) is 11.9. The Balaban J connectivity index is 0.00000220. The highest BCUT2D eigenvalue weighted by Gasteiger charge is 2.22. The molecule has 7 heteroatoms. The predicted molar refractivity (Wildman–Crippen MR) is 80.8 cm³/mol. The van der Waals surface area contributed by atoms with Crippen LogP contribution in [-0.2, 0) is 9.53 Å². The van der Waals surface area contributed by atoms with Crippen LogP contribution < -0.4 is 15.4 Å². The third-order valence-corrected chi connectivity index (χ3v) is 3.21. The van der Waals surface area contributed by atoms with Crippen LogP contribution in [-0.4, -0.2) is 50.5 Å². The molecule has 1 saturated heterocycles. The van der Waals surface area contributed by atoms with Crippen molar-refractivity contribution in [3.63, 3.8) is 0 Å². The van der Waals surface area contributed by atoms with Crippen LogP contribution in [0.2, 0.25) is 0 Å². The van der Waals surface area contributed by atoms with Crippen LogP contribution in [0.3, 0.4) is 0 Å². The van der Waals surface area contributed by atoms with Gasteiger partial charge in [0.15, 0.2) is 0 Å². The van der Waals surface area contributed by atoms with Crippen molar-refractivity contribution in [3.8, 4) is 5.75 Å². The largest absolute Gasteiger partial charge is 0.496 e. The highest BCUT2D eigenvalue weighted by atomic mass is 35.5. The summed E-state index contributed by atoms with van der Waals surface area (Å²) in [5.74, 6) is 0.437. The van der Waals surface area contributed by atoms with Crippen molar-refractivity contribution in [2.75, 3.05) is 33.4 Å². The standard InChI is InChI=1S/C14H20N2O4.ClH/c1-19-13-5-3-2-4-10(13)12(17)8-16-14(18)11-9-20-7-6-15-11;/h2-5,11-12,15,17H,6-9H2,1H3,(H,16,18);1H. The fourth-order valence-corrected chi connectivity index (χ4v) is 2.11. The van der Waals surface area contributed by atoms with Crippen LogP contribution in [0.4, 0.5) is 0 Å². The summed E-state index contributed by atoms with van der Waals surface area (Å²) in [7, 11) is 1.55. The molecule has 3 N–H and O–H groups in total. The van der Waals surface area contributed by atoms with E-state index in [1.54, 1.807) is 19.2 Å². The van der Waals surface area contributed by atoms with E-state index >= 15 is 0 Å². The van der Waals surface area contributed by atoms with Crippen molar-refractivity contribution in [1.82, 2.24) is 10.6 Å². The van der Waals surface area contributed by atoms with Crippen molar-refractivity contribution in [2.45, 2.75) is 12.1 Å². The Labute approximate surface area is 130 Å². The predicted octanol–water partition coefficient (Wildman–Crippen LogP) is 0.255. The van der Waals surface area contributed by atoms with Crippen LogP contribution in [0.1, 0.15) is 11.7 Å². The Kier molecular flexibility index (Phi) is 7.45. The van der Waals surface area contributed by atoms with Gasteiger partial charge in [0, 0.05) is 18.7 Å². The van der Waals surface area contributed by atoms with Gasteiger partial charge < -0.3 is 25.2 Å². The van der Waals surface area contributed by atoms with Crippen LogP contribution in [0, 0.1) is 0 Å². The fourth-order valence-electron chi connectivity index (χ4n) is 2.11. The van der Waals surface area contributed by atoms with Gasteiger partial charge in [0.1, 0.15) is 11.8 Å². The average Bonchev–Trinajstić information content (AvgIpc) is 2.53. The molecule has 1 heterocycles. The molecule has 21 heavy (non-hydrogen) atoms. The van der Waals surface area contributed by atoms with Gasteiger partial charge in [0.25, 0.3) is 0 Å². The van der Waals surface area contributed by atoms with Crippen LogP contribution in [0.5, 0.6) is 5.75 Å². The zero-order chi connectivity index (χ0) is 14.4. The van der Waals surface area contributed by atoms with Crippen molar-refractivity contribution in [2.24, 2.45) is 0 Å². The molecule has 6 nitrogen and oxygen atoms in total. The lowest BCUT2D eigenvalue weighted by Gasteiger charge is -2.23. The van der Waals surface area contributed by atoms with E-state index in [1.165, 1.54) is 0 Å². The van der Waals surface area contributed by atoms with Crippen molar-refractivity contribution >= 4 is 18.3 Å². The second kappa shape index (κ2) is 8.84. The molecule has 1 aromatic rings. The molecule has 1 aliphatic heterocycles. The molecular formula is C14H21ClN2O4. The van der Waals surface area contributed by atoms with Gasteiger partial charge in [0.05, 0.1) is 26.4 Å². The molecule has 0 spiro atoms. The van der Waals surface area contributed by atoms with Crippen LogP contribution in [0.25, 0.3) is 0 Å². The van der Waals surface area contributed by atoms with Crippen LogP contribution >= 0.6 is 12.4 Å². The molecule has 1 fully saturated rings. The second-order valence-electron chi connectivity index (χ2n) is 4.58. The SMILES string of the molecule is COc1ccccc1C(O)CNC(=O)C1COCCN1.Cl. The summed E-state index contributed by atoms with van der Waals surface area (Å²) in [6.07, 6.45) is -0.806. The van der Waals surface area contributed by atoms with Gasteiger partial charge in [-0.3, -0.25) is 4.79 Å². The number of carbonyl (C=O) groups is 1. The first kappa shape index (κ1) is 17.7. The maximum Gasteiger partial charge on any atom is 0.239 e. The number of aliphatic hydroxyl groups is 1. The number of halogens is 1. The Morgan fingerprint density at radius 2 is 2.33 bits per heavy atom. The summed E-state index contributed by atoms with van der Waals surface area (Å²) in [5.41, 5.74) is 0.656. The van der Waals surface area contributed by atoms with Gasteiger partial charge in [-0.15, -0.1) is 12.4 Å². The molecule has 0 aromatic heterocycles. The van der Waals surface area contributed by atoms with E-state index in [4.69, 9.17) is 9.47 Å². The molecule has 0 saturated carbocycles. The fraction of sp³-hybridized carbons (Fsp3) is 0.500. The van der Waals surface area contributed by atoms with Gasteiger partial charge in [0.2, 0.25) is 5.91 Å². The average molecular weight is 317 g/mol. The number of benzene rings is 1. The minimum absolute atomic E-state index is 0. The van der Waals surface area contributed by atoms with Crippen LogP contribution in [0.15, 0.2) is 24.3 Å². The Morgan fingerprint density at radius 3 is 3.00 bits per heavy atom. The number of nitrogens with one attached hydrogen (secondary N) is 2. The van der Waals surface area contributed by atoms with Gasteiger partial charge in [-0.05, 0) is 6.07 Å². The highest BCUT2D eigenvalue weighted by molar-refractivity contribution is 5.85. The number of methoxy groups -OCH3 is 1. The smallest absolute Gasteiger partial charge is 0.239 e. The number of hydrogen-bond acceptors (Lipinski definition) is 5. The lowest BCUT2D eigenvalue weighted by molar-refractivity contribution is -0.126. The number of carbonyl (C=O) groups excluding carboxylic acids is 1. The quantitative estimate of drug-likeness (QED) is 0.726. The van der Waals surface area contributed by atoms with Gasteiger partial charge >= 0.3 is 0 Å². The van der Waals surface area contributed by atoms with Gasteiger partial charge in [-0.1, -0.05) is 18.2 Å². The van der Waals surface area contributed by atoms with Crippen molar-refractivity contribution in [3.05, 3.63) is 29.8 Å². The molecule has 1 amide bonds. The monoisotopic (exact) mass is 316 g/mol. The molecule has 2 rings (SSSR count). The first-order chi connectivity index (χ1) is 9.72. The summed E-state index contributed by atoms with van der Waals surface area (Å²) in [6.45, 7) is 1.77. The number of para-hydroxylation sites is 1. The second-order valence-corrected chi connectivity index (χ2v) is 4.58.